The second-order valence-electron chi connectivity index (χ2n) is 5.14. The molecule has 0 bridgehead atoms. The van der Waals surface area contributed by atoms with Gasteiger partial charge in [0.05, 0.1) is 15.5 Å². The number of nitrogens with one attached hydrogen (secondary N) is 1. The summed E-state index contributed by atoms with van der Waals surface area (Å²) in [5.41, 5.74) is 2.87. The molecule has 0 unspecified atom stereocenters. The van der Waals surface area contributed by atoms with Crippen molar-refractivity contribution in [1.82, 2.24) is 5.43 Å². The van der Waals surface area contributed by atoms with Crippen LogP contribution in [0.1, 0.15) is 13.8 Å². The summed E-state index contributed by atoms with van der Waals surface area (Å²) in [5, 5.41) is 1.53. The van der Waals surface area contributed by atoms with Crippen LogP contribution in [0.15, 0.2) is 40.1 Å². The number of hydrogen-bond acceptors (Lipinski definition) is 6. The maximum atomic E-state index is 11.9. The molecule has 9 nitrogen and oxygen atoms in total. The minimum absolute atomic E-state index is 0.101. The first-order chi connectivity index (χ1) is 11.4. The number of fused-ring (bicyclic) bond motifs is 1. The van der Waals surface area contributed by atoms with Crippen molar-refractivity contribution in [1.29, 1.82) is 0 Å². The van der Waals surface area contributed by atoms with Crippen LogP contribution in [-0.4, -0.2) is 38.4 Å². The van der Waals surface area contributed by atoms with Gasteiger partial charge in [-0.3, -0.25) is 13.9 Å². The van der Waals surface area contributed by atoms with Crippen molar-refractivity contribution < 1.29 is 30.7 Å². The van der Waals surface area contributed by atoms with Crippen molar-refractivity contribution in [2.24, 2.45) is 0 Å². The average Bonchev–Trinajstić information content (AvgIpc) is 2.49. The quantitative estimate of drug-likeness (QED) is 0.513. The highest BCUT2D eigenvalue weighted by Crippen LogP contribution is 2.31. The minimum Gasteiger partial charge on any atom is -0.282 e. The lowest BCUT2D eigenvalue weighted by Crippen LogP contribution is -2.41. The second kappa shape index (κ2) is 6.69. The summed E-state index contributed by atoms with van der Waals surface area (Å²) in [6.07, 6.45) is 0. The second-order valence-corrected chi connectivity index (χ2v) is 7.98. The van der Waals surface area contributed by atoms with E-state index in [1.54, 1.807) is 6.92 Å². The summed E-state index contributed by atoms with van der Waals surface area (Å²) >= 11 is 0. The molecule has 2 aromatic rings. The molecule has 0 fully saturated rings. The maximum Gasteiger partial charge on any atom is 0.294 e. The Hall–Kier alpha value is -2.05. The molecule has 0 saturated carbocycles. The molecule has 0 aliphatic carbocycles. The Morgan fingerprint density at radius 3 is 2.08 bits per heavy atom. The van der Waals surface area contributed by atoms with Gasteiger partial charge in [-0.1, -0.05) is 13.0 Å². The van der Waals surface area contributed by atoms with Crippen LogP contribution in [0.2, 0.25) is 0 Å². The molecule has 1 amide bonds. The molecular weight excluding hydrogens is 372 g/mol. The highest BCUT2D eigenvalue weighted by Gasteiger charge is 2.21. The van der Waals surface area contributed by atoms with E-state index in [1.165, 1.54) is 13.0 Å². The van der Waals surface area contributed by atoms with E-state index in [4.69, 9.17) is 4.55 Å². The standard InChI is InChI=1S/C14H16N2O7S2/c1-3-15-16(9(2)17)14-8-12(25(21,22)23)7-10-6-11(24(18,19)20)4-5-13(10)14/h4-8,15H,3H2,1-2H3,(H,18,19,20)(H,21,22,23). The lowest BCUT2D eigenvalue weighted by molar-refractivity contribution is -0.117. The number of amides is 1. The summed E-state index contributed by atoms with van der Waals surface area (Å²) < 4.78 is 64.1. The molecule has 25 heavy (non-hydrogen) atoms. The summed E-state index contributed by atoms with van der Waals surface area (Å²) in [6.45, 7) is 3.32. The van der Waals surface area contributed by atoms with E-state index in [1.807, 2.05) is 0 Å². The zero-order valence-electron chi connectivity index (χ0n) is 13.3. The van der Waals surface area contributed by atoms with Crippen LogP contribution in [0.25, 0.3) is 10.8 Å². The lowest BCUT2D eigenvalue weighted by Gasteiger charge is -2.23. The number of hydrogen-bond donors (Lipinski definition) is 3. The number of benzene rings is 2. The fraction of sp³-hybridized carbons (Fsp3) is 0.214. The van der Waals surface area contributed by atoms with E-state index in [-0.39, 0.29) is 11.1 Å². The Morgan fingerprint density at radius 2 is 1.60 bits per heavy atom. The van der Waals surface area contributed by atoms with Gasteiger partial charge in [-0.2, -0.15) is 16.8 Å². The molecule has 0 atom stereocenters. The molecule has 2 aromatic carbocycles. The maximum absolute atomic E-state index is 11.9. The summed E-state index contributed by atoms with van der Waals surface area (Å²) in [6, 6.07) is 5.64. The van der Waals surface area contributed by atoms with E-state index in [9.17, 15) is 26.2 Å². The first-order valence-electron chi connectivity index (χ1n) is 7.02. The molecule has 3 N–H and O–H groups in total. The highest BCUT2D eigenvalue weighted by molar-refractivity contribution is 7.86. The molecule has 0 aliphatic heterocycles. The van der Waals surface area contributed by atoms with Crippen LogP contribution in [0, 0.1) is 0 Å². The fourth-order valence-corrected chi connectivity index (χ4v) is 3.37. The van der Waals surface area contributed by atoms with Crippen molar-refractivity contribution in [2.45, 2.75) is 23.6 Å². The van der Waals surface area contributed by atoms with Crippen LogP contribution >= 0.6 is 0 Å². The van der Waals surface area contributed by atoms with Crippen LogP contribution in [-0.2, 0) is 25.0 Å². The first-order valence-corrected chi connectivity index (χ1v) is 9.90. The third-order valence-electron chi connectivity index (χ3n) is 3.34. The van der Waals surface area contributed by atoms with Gasteiger partial charge in [0.15, 0.2) is 0 Å². The Kier molecular flexibility index (Phi) is 5.16. The van der Waals surface area contributed by atoms with E-state index < -0.39 is 35.9 Å². The summed E-state index contributed by atoms with van der Waals surface area (Å²) in [7, 11) is -9.13. The van der Waals surface area contributed by atoms with Gasteiger partial charge in [-0.25, -0.2) is 10.4 Å². The van der Waals surface area contributed by atoms with E-state index in [0.29, 0.717) is 11.9 Å². The third-order valence-corrected chi connectivity index (χ3v) is 5.02. The first kappa shape index (κ1) is 19.3. The Bertz CT molecular complexity index is 1040. The van der Waals surface area contributed by atoms with Gasteiger partial charge in [0.1, 0.15) is 0 Å². The molecule has 2 rings (SSSR count). The predicted molar refractivity (Wildman–Crippen MR) is 90.4 cm³/mol. The SMILES string of the molecule is CCNN(C(C)=O)c1cc(S(=O)(=O)O)cc2cc(S(=O)(=O)O)ccc12. The summed E-state index contributed by atoms with van der Waals surface area (Å²) in [4.78, 5) is 10.9. The number of anilines is 1. The molecule has 0 spiro atoms. The van der Waals surface area contributed by atoms with Gasteiger partial charge in [0.25, 0.3) is 20.2 Å². The Balaban J connectivity index is 2.90. The third kappa shape index (κ3) is 4.14. The van der Waals surface area contributed by atoms with Gasteiger partial charge >= 0.3 is 0 Å². The van der Waals surface area contributed by atoms with Crippen molar-refractivity contribution in [3.8, 4) is 0 Å². The molecule has 136 valence electrons. The highest BCUT2D eigenvalue weighted by atomic mass is 32.2. The van der Waals surface area contributed by atoms with Crippen LogP contribution in [0.4, 0.5) is 5.69 Å². The normalized spacial score (nSPS) is 12.3. The van der Waals surface area contributed by atoms with Crippen molar-refractivity contribution >= 4 is 42.6 Å². The smallest absolute Gasteiger partial charge is 0.282 e. The molecular formula is C14H16N2O7S2. The molecule has 11 heteroatoms. The largest absolute Gasteiger partial charge is 0.294 e. The molecule has 0 aromatic heterocycles. The monoisotopic (exact) mass is 388 g/mol. The van der Waals surface area contributed by atoms with Gasteiger partial charge in [0.2, 0.25) is 5.91 Å². The number of hydrazine groups is 1. The molecule has 0 heterocycles. The lowest BCUT2D eigenvalue weighted by atomic mass is 10.1. The number of carbonyl (C=O) groups excluding carboxylic acids is 1. The fourth-order valence-electron chi connectivity index (χ4n) is 2.32. The zero-order chi connectivity index (χ0) is 19.0. The molecule has 0 aliphatic rings. The van der Waals surface area contributed by atoms with Gasteiger partial charge in [-0.05, 0) is 29.7 Å². The average molecular weight is 388 g/mol. The number of carbonyl (C=O) groups is 1. The Labute approximate surface area is 144 Å². The molecule has 0 radical (unpaired) electrons. The van der Waals surface area contributed by atoms with Gasteiger partial charge < -0.3 is 0 Å². The Morgan fingerprint density at radius 1 is 1.04 bits per heavy atom. The molecule has 0 saturated heterocycles. The van der Waals surface area contributed by atoms with Crippen LogP contribution in [0.3, 0.4) is 0 Å². The van der Waals surface area contributed by atoms with Crippen LogP contribution < -0.4 is 10.4 Å². The topological polar surface area (TPSA) is 141 Å². The van der Waals surface area contributed by atoms with E-state index in [0.717, 1.165) is 29.3 Å². The number of rotatable bonds is 5. The minimum atomic E-state index is -4.62. The van der Waals surface area contributed by atoms with E-state index in [2.05, 4.69) is 5.43 Å². The van der Waals surface area contributed by atoms with Crippen molar-refractivity contribution in [2.75, 3.05) is 11.6 Å². The van der Waals surface area contributed by atoms with Crippen molar-refractivity contribution in [3.05, 3.63) is 30.3 Å². The summed E-state index contributed by atoms with van der Waals surface area (Å²) in [5.74, 6) is -0.450. The zero-order valence-corrected chi connectivity index (χ0v) is 14.9. The van der Waals surface area contributed by atoms with Crippen LogP contribution in [0.5, 0.6) is 0 Å². The predicted octanol–water partition coefficient (Wildman–Crippen LogP) is 1.21. The number of nitrogens with zero attached hydrogens (tertiary/aromatic N) is 1. The van der Waals surface area contributed by atoms with E-state index >= 15 is 0 Å². The van der Waals surface area contributed by atoms with Gasteiger partial charge in [0, 0.05) is 18.9 Å². The van der Waals surface area contributed by atoms with Crippen molar-refractivity contribution in [3.63, 3.8) is 0 Å². The van der Waals surface area contributed by atoms with Gasteiger partial charge in [-0.15, -0.1) is 0 Å².